The summed E-state index contributed by atoms with van der Waals surface area (Å²) in [6.45, 7) is 5.39. The summed E-state index contributed by atoms with van der Waals surface area (Å²) in [7, 11) is 0. The molecule has 0 spiro atoms. The summed E-state index contributed by atoms with van der Waals surface area (Å²) < 4.78 is 3.51. The SMILES string of the molecule is Cc1nn(CC2CCC2)c(C)c1I. The summed E-state index contributed by atoms with van der Waals surface area (Å²) in [6.07, 6.45) is 4.21. The molecule has 1 heterocycles. The van der Waals surface area contributed by atoms with E-state index in [-0.39, 0.29) is 0 Å². The van der Waals surface area contributed by atoms with E-state index in [0.717, 1.165) is 12.5 Å². The minimum Gasteiger partial charge on any atom is -0.268 e. The van der Waals surface area contributed by atoms with Gasteiger partial charge in [-0.1, -0.05) is 6.42 Å². The Morgan fingerprint density at radius 3 is 2.54 bits per heavy atom. The average Bonchev–Trinajstić information content (AvgIpc) is 2.26. The molecule has 1 aliphatic carbocycles. The molecule has 72 valence electrons. The molecule has 0 aromatic carbocycles. The van der Waals surface area contributed by atoms with Gasteiger partial charge in [-0.2, -0.15) is 5.10 Å². The van der Waals surface area contributed by atoms with Gasteiger partial charge in [0.15, 0.2) is 0 Å². The molecule has 0 saturated heterocycles. The van der Waals surface area contributed by atoms with Gasteiger partial charge in [0, 0.05) is 12.2 Å². The molecule has 1 aliphatic rings. The predicted octanol–water partition coefficient (Wildman–Crippen LogP) is 2.90. The first kappa shape index (κ1) is 9.49. The van der Waals surface area contributed by atoms with Gasteiger partial charge < -0.3 is 0 Å². The van der Waals surface area contributed by atoms with Crippen LogP contribution in [0.15, 0.2) is 0 Å². The standard InChI is InChI=1S/C10H15IN2/c1-7-10(11)8(2)13(12-7)6-9-4-3-5-9/h9H,3-6H2,1-2H3. The Hall–Kier alpha value is -0.0600. The Morgan fingerprint density at radius 2 is 2.15 bits per heavy atom. The van der Waals surface area contributed by atoms with Crippen molar-refractivity contribution in [3.63, 3.8) is 0 Å². The Bertz CT molecular complexity index is 313. The van der Waals surface area contributed by atoms with Gasteiger partial charge in [0.25, 0.3) is 0 Å². The van der Waals surface area contributed by atoms with Gasteiger partial charge >= 0.3 is 0 Å². The monoisotopic (exact) mass is 290 g/mol. The fourth-order valence-corrected chi connectivity index (χ4v) is 2.16. The van der Waals surface area contributed by atoms with Crippen molar-refractivity contribution >= 4 is 22.6 Å². The summed E-state index contributed by atoms with van der Waals surface area (Å²) in [5.74, 6) is 0.897. The van der Waals surface area contributed by atoms with Gasteiger partial charge in [0.05, 0.1) is 9.26 Å². The molecular weight excluding hydrogens is 275 g/mol. The van der Waals surface area contributed by atoms with E-state index >= 15 is 0 Å². The van der Waals surface area contributed by atoms with Crippen LogP contribution in [-0.2, 0) is 6.54 Å². The van der Waals surface area contributed by atoms with Crippen molar-refractivity contribution < 1.29 is 0 Å². The lowest BCUT2D eigenvalue weighted by atomic mass is 9.85. The third kappa shape index (κ3) is 1.75. The molecule has 0 aliphatic heterocycles. The summed E-state index contributed by atoms with van der Waals surface area (Å²) >= 11 is 2.38. The number of hydrogen-bond acceptors (Lipinski definition) is 1. The summed E-state index contributed by atoms with van der Waals surface area (Å²) in [4.78, 5) is 0. The van der Waals surface area contributed by atoms with Crippen molar-refractivity contribution in [2.24, 2.45) is 5.92 Å². The van der Waals surface area contributed by atoms with Crippen LogP contribution in [0.2, 0.25) is 0 Å². The highest BCUT2D eigenvalue weighted by atomic mass is 127. The molecular formula is C10H15IN2. The van der Waals surface area contributed by atoms with Gasteiger partial charge in [0.2, 0.25) is 0 Å². The van der Waals surface area contributed by atoms with Crippen LogP contribution in [-0.4, -0.2) is 9.78 Å². The van der Waals surface area contributed by atoms with E-state index in [0.29, 0.717) is 0 Å². The molecule has 0 N–H and O–H groups in total. The predicted molar refractivity (Wildman–Crippen MR) is 61.8 cm³/mol. The number of aromatic nitrogens is 2. The van der Waals surface area contributed by atoms with Crippen molar-refractivity contribution in [2.75, 3.05) is 0 Å². The van der Waals surface area contributed by atoms with Crippen molar-refractivity contribution in [1.82, 2.24) is 9.78 Å². The van der Waals surface area contributed by atoms with Crippen molar-refractivity contribution in [1.29, 1.82) is 0 Å². The van der Waals surface area contributed by atoms with Crippen LogP contribution in [0.4, 0.5) is 0 Å². The van der Waals surface area contributed by atoms with Crippen molar-refractivity contribution in [3.8, 4) is 0 Å². The Morgan fingerprint density at radius 1 is 1.46 bits per heavy atom. The Balaban J connectivity index is 2.14. The van der Waals surface area contributed by atoms with Gasteiger partial charge in [-0.15, -0.1) is 0 Å². The van der Waals surface area contributed by atoms with Crippen LogP contribution in [0, 0.1) is 23.3 Å². The lowest BCUT2D eigenvalue weighted by Crippen LogP contribution is -2.19. The zero-order valence-electron chi connectivity index (χ0n) is 8.18. The molecule has 0 amide bonds. The molecule has 0 radical (unpaired) electrons. The van der Waals surface area contributed by atoms with E-state index in [9.17, 15) is 0 Å². The maximum atomic E-state index is 4.54. The normalized spacial score (nSPS) is 17.5. The van der Waals surface area contributed by atoms with Crippen LogP contribution in [0.3, 0.4) is 0 Å². The summed E-state index contributed by atoms with van der Waals surface area (Å²) in [6, 6.07) is 0. The number of hydrogen-bond donors (Lipinski definition) is 0. The van der Waals surface area contributed by atoms with Gasteiger partial charge in [-0.25, -0.2) is 0 Å². The maximum Gasteiger partial charge on any atom is 0.0729 e. The van der Waals surface area contributed by atoms with E-state index in [1.54, 1.807) is 0 Å². The van der Waals surface area contributed by atoms with Gasteiger partial charge in [0.1, 0.15) is 0 Å². The zero-order chi connectivity index (χ0) is 9.42. The lowest BCUT2D eigenvalue weighted by molar-refractivity contribution is 0.264. The second-order valence-corrected chi connectivity index (χ2v) is 5.04. The highest BCUT2D eigenvalue weighted by Gasteiger charge is 2.19. The van der Waals surface area contributed by atoms with E-state index < -0.39 is 0 Å². The Kier molecular flexibility index (Phi) is 2.62. The van der Waals surface area contributed by atoms with Crippen molar-refractivity contribution in [2.45, 2.75) is 39.7 Å². The topological polar surface area (TPSA) is 17.8 Å². The van der Waals surface area contributed by atoms with Crippen LogP contribution in [0.1, 0.15) is 30.7 Å². The molecule has 1 saturated carbocycles. The summed E-state index contributed by atoms with van der Waals surface area (Å²) in [5.41, 5.74) is 2.52. The van der Waals surface area contributed by atoms with Gasteiger partial charge in [-0.05, 0) is 55.2 Å². The number of nitrogens with zero attached hydrogens (tertiary/aromatic N) is 2. The van der Waals surface area contributed by atoms with Gasteiger partial charge in [-0.3, -0.25) is 4.68 Å². The average molecular weight is 290 g/mol. The number of aryl methyl sites for hydroxylation is 1. The first-order chi connectivity index (χ1) is 6.18. The Labute approximate surface area is 92.8 Å². The molecule has 2 nitrogen and oxygen atoms in total. The quantitative estimate of drug-likeness (QED) is 0.766. The van der Waals surface area contributed by atoms with Crippen LogP contribution < -0.4 is 0 Å². The zero-order valence-corrected chi connectivity index (χ0v) is 10.3. The highest BCUT2D eigenvalue weighted by molar-refractivity contribution is 14.1. The molecule has 0 bridgehead atoms. The van der Waals surface area contributed by atoms with Crippen LogP contribution in [0.5, 0.6) is 0 Å². The molecule has 0 unspecified atom stereocenters. The van der Waals surface area contributed by atoms with E-state index in [1.165, 1.54) is 34.2 Å². The lowest BCUT2D eigenvalue weighted by Gasteiger charge is -2.25. The van der Waals surface area contributed by atoms with E-state index in [2.05, 4.69) is 46.2 Å². The summed E-state index contributed by atoms with van der Waals surface area (Å²) in [5, 5.41) is 4.54. The molecule has 0 atom stereocenters. The largest absolute Gasteiger partial charge is 0.268 e. The smallest absolute Gasteiger partial charge is 0.0729 e. The molecule has 13 heavy (non-hydrogen) atoms. The molecule has 1 aromatic rings. The minimum absolute atomic E-state index is 0.897. The molecule has 1 fully saturated rings. The van der Waals surface area contributed by atoms with E-state index in [1.807, 2.05) is 0 Å². The fourth-order valence-electron chi connectivity index (χ4n) is 1.77. The van der Waals surface area contributed by atoms with Crippen LogP contribution in [0.25, 0.3) is 0 Å². The van der Waals surface area contributed by atoms with Crippen molar-refractivity contribution in [3.05, 3.63) is 15.0 Å². The highest BCUT2D eigenvalue weighted by Crippen LogP contribution is 2.28. The third-order valence-electron chi connectivity index (χ3n) is 2.95. The minimum atomic E-state index is 0.897. The maximum absolute atomic E-state index is 4.54. The fraction of sp³-hybridized carbons (Fsp3) is 0.700. The number of rotatable bonds is 2. The third-order valence-corrected chi connectivity index (χ3v) is 4.51. The second-order valence-electron chi connectivity index (χ2n) is 3.96. The second kappa shape index (κ2) is 3.59. The molecule has 1 aromatic heterocycles. The first-order valence-electron chi connectivity index (χ1n) is 4.88. The molecule has 3 heteroatoms. The van der Waals surface area contributed by atoms with Crippen LogP contribution >= 0.6 is 22.6 Å². The number of halogens is 1. The molecule has 2 rings (SSSR count). The van der Waals surface area contributed by atoms with E-state index in [4.69, 9.17) is 0 Å². The first-order valence-corrected chi connectivity index (χ1v) is 5.96.